The highest BCUT2D eigenvalue weighted by Crippen LogP contribution is 2.24. The Balaban J connectivity index is 1.66. The van der Waals surface area contributed by atoms with E-state index >= 15 is 0 Å². The summed E-state index contributed by atoms with van der Waals surface area (Å²) in [6.07, 6.45) is 0.665. The van der Waals surface area contributed by atoms with Gasteiger partial charge >= 0.3 is 0 Å². The van der Waals surface area contributed by atoms with E-state index in [1.807, 2.05) is 54.6 Å². The number of aliphatic hydroxyl groups is 1. The average Bonchev–Trinajstić information content (AvgIpc) is 2.67. The van der Waals surface area contributed by atoms with Crippen molar-refractivity contribution >= 4 is 0 Å². The van der Waals surface area contributed by atoms with E-state index < -0.39 is 0 Å². The zero-order valence-electron chi connectivity index (χ0n) is 14.3. The lowest BCUT2D eigenvalue weighted by atomic mass is 9.95. The predicted octanol–water partition coefficient (Wildman–Crippen LogP) is 3.74. The highest BCUT2D eigenvalue weighted by molar-refractivity contribution is 5.31. The van der Waals surface area contributed by atoms with Gasteiger partial charge in [0.25, 0.3) is 0 Å². The number of hydrogen-bond donors (Lipinski definition) is 1. The van der Waals surface area contributed by atoms with Crippen molar-refractivity contribution in [3.05, 3.63) is 89.1 Å². The van der Waals surface area contributed by atoms with Gasteiger partial charge in [0.05, 0.1) is 5.69 Å². The summed E-state index contributed by atoms with van der Waals surface area (Å²) in [5.41, 5.74) is 4.29. The van der Waals surface area contributed by atoms with Crippen LogP contribution in [0.15, 0.2) is 66.7 Å². The molecule has 0 amide bonds. The van der Waals surface area contributed by atoms with Crippen LogP contribution < -0.4 is 4.74 Å². The lowest BCUT2D eigenvalue weighted by Gasteiger charge is -2.13. The molecule has 25 heavy (non-hydrogen) atoms. The molecule has 0 radical (unpaired) electrons. The summed E-state index contributed by atoms with van der Waals surface area (Å²) in [6.45, 7) is 2.74. The van der Waals surface area contributed by atoms with E-state index in [1.165, 1.54) is 5.56 Å². The topological polar surface area (TPSA) is 55.2 Å². The van der Waals surface area contributed by atoms with Gasteiger partial charge in [-0.05, 0) is 29.2 Å². The first-order chi connectivity index (χ1) is 12.3. The summed E-state index contributed by atoms with van der Waals surface area (Å²) >= 11 is 0. The van der Waals surface area contributed by atoms with Crippen molar-refractivity contribution in [2.45, 2.75) is 25.9 Å². The summed E-state index contributed by atoms with van der Waals surface area (Å²) in [5.74, 6) is 0.656. The quantitative estimate of drug-likeness (QED) is 0.715. The van der Waals surface area contributed by atoms with E-state index in [1.54, 1.807) is 0 Å². The number of aromatic nitrogens is 2. The summed E-state index contributed by atoms with van der Waals surface area (Å²) in [5, 5.41) is 17.6. The van der Waals surface area contributed by atoms with E-state index in [0.717, 1.165) is 16.8 Å². The molecule has 2 aromatic carbocycles. The maximum Gasteiger partial charge on any atom is 0.233 e. The molecule has 1 atom stereocenters. The Bertz CT molecular complexity index is 789. The van der Waals surface area contributed by atoms with Crippen LogP contribution in [0.3, 0.4) is 0 Å². The molecule has 0 aliphatic carbocycles. The third-order valence-electron chi connectivity index (χ3n) is 4.19. The maximum atomic E-state index is 9.09. The molecule has 1 aromatic heterocycles. The maximum absolute atomic E-state index is 9.09. The summed E-state index contributed by atoms with van der Waals surface area (Å²) in [6, 6.07) is 22.0. The van der Waals surface area contributed by atoms with Crippen LogP contribution >= 0.6 is 0 Å². The number of ether oxygens (including phenoxy) is 1. The van der Waals surface area contributed by atoms with Crippen LogP contribution in [-0.2, 0) is 13.0 Å². The monoisotopic (exact) mass is 334 g/mol. The van der Waals surface area contributed by atoms with Gasteiger partial charge < -0.3 is 9.84 Å². The smallest absolute Gasteiger partial charge is 0.233 e. The molecule has 0 aliphatic rings. The van der Waals surface area contributed by atoms with Crippen LogP contribution in [0.4, 0.5) is 0 Å². The van der Waals surface area contributed by atoms with Crippen LogP contribution in [0.1, 0.15) is 35.2 Å². The van der Waals surface area contributed by atoms with Crippen molar-refractivity contribution in [1.29, 1.82) is 0 Å². The fourth-order valence-corrected chi connectivity index (χ4v) is 2.69. The van der Waals surface area contributed by atoms with E-state index in [0.29, 0.717) is 18.9 Å². The molecule has 0 saturated carbocycles. The van der Waals surface area contributed by atoms with E-state index in [4.69, 9.17) is 9.84 Å². The number of rotatable bonds is 7. The molecule has 0 saturated heterocycles. The van der Waals surface area contributed by atoms with Gasteiger partial charge in [0.1, 0.15) is 6.61 Å². The molecule has 0 bridgehead atoms. The van der Waals surface area contributed by atoms with Crippen molar-refractivity contribution in [2.24, 2.45) is 0 Å². The largest absolute Gasteiger partial charge is 0.472 e. The average molecular weight is 334 g/mol. The zero-order valence-corrected chi connectivity index (χ0v) is 14.3. The number of nitrogens with zero attached hydrogens (tertiary/aromatic N) is 2. The number of benzene rings is 2. The van der Waals surface area contributed by atoms with Gasteiger partial charge in [-0.15, -0.1) is 5.10 Å². The van der Waals surface area contributed by atoms with Gasteiger partial charge in [-0.25, -0.2) is 0 Å². The van der Waals surface area contributed by atoms with Crippen LogP contribution in [0, 0.1) is 0 Å². The minimum atomic E-state index is 0.134. The van der Waals surface area contributed by atoms with Crippen molar-refractivity contribution in [3.63, 3.8) is 0 Å². The summed E-state index contributed by atoms with van der Waals surface area (Å²) < 4.78 is 5.68. The van der Waals surface area contributed by atoms with Gasteiger partial charge in [-0.1, -0.05) is 61.5 Å². The van der Waals surface area contributed by atoms with Crippen LogP contribution in [0.25, 0.3) is 0 Å². The highest BCUT2D eigenvalue weighted by atomic mass is 16.5. The molecule has 3 rings (SSSR count). The second-order valence-corrected chi connectivity index (χ2v) is 6.01. The fraction of sp³-hybridized carbons (Fsp3) is 0.238. The van der Waals surface area contributed by atoms with Gasteiger partial charge in [0.15, 0.2) is 0 Å². The van der Waals surface area contributed by atoms with Crippen molar-refractivity contribution in [1.82, 2.24) is 10.2 Å². The Labute approximate surface area is 148 Å². The number of aliphatic hydroxyl groups excluding tert-OH is 1. The van der Waals surface area contributed by atoms with Crippen molar-refractivity contribution < 1.29 is 9.84 Å². The minimum absolute atomic E-state index is 0.134. The van der Waals surface area contributed by atoms with Gasteiger partial charge in [-0.2, -0.15) is 5.10 Å². The van der Waals surface area contributed by atoms with E-state index in [-0.39, 0.29) is 12.5 Å². The Kier molecular flexibility index (Phi) is 5.75. The van der Waals surface area contributed by atoms with Gasteiger partial charge in [-0.3, -0.25) is 0 Å². The third kappa shape index (κ3) is 4.64. The van der Waals surface area contributed by atoms with E-state index in [9.17, 15) is 0 Å². The Morgan fingerprint density at radius 3 is 2.44 bits per heavy atom. The molecule has 3 aromatic rings. The lowest BCUT2D eigenvalue weighted by Crippen LogP contribution is -2.04. The molecular weight excluding hydrogens is 312 g/mol. The SMILES string of the molecule is CC(c1cccc(CCO)c1)c1ccc(OCc2ccccc2)nn1. The molecule has 0 fully saturated rings. The first-order valence-electron chi connectivity index (χ1n) is 8.46. The molecule has 4 heteroatoms. The summed E-state index contributed by atoms with van der Waals surface area (Å²) in [7, 11) is 0. The molecule has 128 valence electrons. The zero-order chi connectivity index (χ0) is 17.5. The molecular formula is C21H22N2O2. The fourth-order valence-electron chi connectivity index (χ4n) is 2.69. The van der Waals surface area contributed by atoms with Crippen LogP contribution in [-0.4, -0.2) is 21.9 Å². The Morgan fingerprint density at radius 1 is 0.920 bits per heavy atom. The molecule has 0 aliphatic heterocycles. The standard InChI is InChI=1S/C21H22N2O2/c1-16(19-9-5-8-17(14-19)12-13-24)20-10-11-21(23-22-20)25-15-18-6-3-2-4-7-18/h2-11,14,16,24H,12-13,15H2,1H3. The first kappa shape index (κ1) is 17.1. The second kappa shape index (κ2) is 8.40. The van der Waals surface area contributed by atoms with Gasteiger partial charge in [0, 0.05) is 18.6 Å². The van der Waals surface area contributed by atoms with Crippen molar-refractivity contribution in [2.75, 3.05) is 6.61 Å². The lowest BCUT2D eigenvalue weighted by molar-refractivity contribution is 0.289. The first-order valence-corrected chi connectivity index (χ1v) is 8.46. The third-order valence-corrected chi connectivity index (χ3v) is 4.19. The molecule has 1 heterocycles. The van der Waals surface area contributed by atoms with Crippen LogP contribution in [0.2, 0.25) is 0 Å². The molecule has 1 N–H and O–H groups in total. The van der Waals surface area contributed by atoms with Crippen LogP contribution in [0.5, 0.6) is 5.88 Å². The molecule has 1 unspecified atom stereocenters. The van der Waals surface area contributed by atoms with Crippen molar-refractivity contribution in [3.8, 4) is 5.88 Å². The second-order valence-electron chi connectivity index (χ2n) is 6.01. The predicted molar refractivity (Wildman–Crippen MR) is 97.6 cm³/mol. The number of hydrogen-bond acceptors (Lipinski definition) is 4. The normalized spacial score (nSPS) is 11.9. The van der Waals surface area contributed by atoms with Gasteiger partial charge in [0.2, 0.25) is 5.88 Å². The summed E-state index contributed by atoms with van der Waals surface area (Å²) in [4.78, 5) is 0. The minimum Gasteiger partial charge on any atom is -0.472 e. The Hall–Kier alpha value is -2.72. The molecule has 0 spiro atoms. The highest BCUT2D eigenvalue weighted by Gasteiger charge is 2.11. The van der Waals surface area contributed by atoms with E-state index in [2.05, 4.69) is 29.3 Å². The molecule has 4 nitrogen and oxygen atoms in total. The Morgan fingerprint density at radius 2 is 1.72 bits per heavy atom.